The second kappa shape index (κ2) is 4.44. The fourth-order valence-corrected chi connectivity index (χ4v) is 2.62. The van der Waals surface area contributed by atoms with Gasteiger partial charge in [0.2, 0.25) is 0 Å². The molecule has 0 heterocycles. The van der Waals surface area contributed by atoms with E-state index in [1.165, 1.54) is 18.2 Å². The third-order valence-electron chi connectivity index (χ3n) is 3.52. The summed E-state index contributed by atoms with van der Waals surface area (Å²) in [7, 11) is 0. The Labute approximate surface area is 121 Å². The molecule has 0 N–H and O–H groups in total. The summed E-state index contributed by atoms with van der Waals surface area (Å²) in [5.74, 6) is 0. The first-order chi connectivity index (χ1) is 10.4. The molecule has 3 aromatic carbocycles. The molecule has 0 atom stereocenters. The van der Waals surface area contributed by atoms with Crippen LogP contribution < -0.4 is 10.6 Å². The van der Waals surface area contributed by atoms with Gasteiger partial charge in [-0.1, -0.05) is 18.2 Å². The van der Waals surface area contributed by atoms with Gasteiger partial charge in [-0.05, 0) is 22.9 Å². The highest BCUT2D eigenvalue weighted by Crippen LogP contribution is 2.34. The fraction of sp³-hybridized carbons (Fsp3) is 0.0625. The van der Waals surface area contributed by atoms with Crippen LogP contribution in [-0.4, -0.2) is 0 Å². The summed E-state index contributed by atoms with van der Waals surface area (Å²) in [4.78, 5) is 12.4. The van der Waals surface area contributed by atoms with E-state index in [2.05, 4.69) is 0 Å². The molecule has 22 heavy (non-hydrogen) atoms. The second-order valence-corrected chi connectivity index (χ2v) is 4.73. The number of halogens is 3. The molecule has 0 saturated heterocycles. The van der Waals surface area contributed by atoms with Crippen molar-refractivity contribution in [3.63, 3.8) is 0 Å². The van der Waals surface area contributed by atoms with Crippen molar-refractivity contribution in [2.24, 2.45) is 0 Å². The van der Waals surface area contributed by atoms with E-state index in [1.54, 1.807) is 12.1 Å². The van der Waals surface area contributed by atoms with Crippen molar-refractivity contribution in [1.82, 2.24) is 0 Å². The average molecular weight is 298 g/mol. The molecule has 0 bridgehead atoms. The van der Waals surface area contributed by atoms with E-state index < -0.39 is 22.7 Å². The van der Waals surface area contributed by atoms with Crippen LogP contribution in [0.25, 0.3) is 27.1 Å². The van der Waals surface area contributed by atoms with Crippen molar-refractivity contribution in [1.29, 1.82) is 10.5 Å². The van der Waals surface area contributed by atoms with Crippen LogP contribution in [0.4, 0.5) is 13.2 Å². The molecule has 3 aromatic rings. The molecule has 6 heteroatoms. The molecule has 0 amide bonds. The van der Waals surface area contributed by atoms with Gasteiger partial charge in [0, 0.05) is 10.8 Å². The number of hydrogen-bond donors (Lipinski definition) is 0. The topological polar surface area (TPSA) is 64.7 Å². The van der Waals surface area contributed by atoms with E-state index >= 15 is 0 Å². The van der Waals surface area contributed by atoms with Crippen molar-refractivity contribution >= 4 is 27.1 Å². The van der Waals surface area contributed by atoms with Crippen LogP contribution in [0.1, 0.15) is 5.56 Å². The highest BCUT2D eigenvalue weighted by molar-refractivity contribution is 6.13. The monoisotopic (exact) mass is 298 g/mol. The summed E-state index contributed by atoms with van der Waals surface area (Å²) in [5, 5.41) is 18.5. The van der Waals surface area contributed by atoms with Gasteiger partial charge in [-0.15, -0.1) is 0 Å². The second-order valence-electron chi connectivity index (χ2n) is 4.73. The Balaban J connectivity index is 2.72. The molecule has 0 saturated carbocycles. The van der Waals surface area contributed by atoms with Crippen LogP contribution in [-0.2, 0) is 6.18 Å². The maximum atomic E-state index is 13.0. The van der Waals surface area contributed by atoms with Gasteiger partial charge in [-0.25, -0.2) is 0 Å². The molecule has 0 spiro atoms. The Morgan fingerprint density at radius 2 is 1.73 bits per heavy atom. The quantitative estimate of drug-likeness (QED) is 0.641. The zero-order chi connectivity index (χ0) is 16.1. The van der Waals surface area contributed by atoms with E-state index in [0.29, 0.717) is 5.39 Å². The molecule has 0 aromatic heterocycles. The Morgan fingerprint density at radius 1 is 1.05 bits per heavy atom. The van der Waals surface area contributed by atoms with Crippen LogP contribution >= 0.6 is 0 Å². The van der Waals surface area contributed by atoms with Crippen LogP contribution in [0.5, 0.6) is 0 Å². The Kier molecular flexibility index (Phi) is 2.79. The normalized spacial score (nSPS) is 11.5. The minimum atomic E-state index is -4.59. The molecule has 0 aliphatic heterocycles. The zero-order valence-electron chi connectivity index (χ0n) is 10.8. The van der Waals surface area contributed by atoms with Crippen LogP contribution in [0.15, 0.2) is 35.1 Å². The van der Waals surface area contributed by atoms with Crippen LogP contribution in [0.2, 0.25) is 0 Å². The lowest BCUT2D eigenvalue weighted by Gasteiger charge is -2.08. The predicted octanol–water partition coefficient (Wildman–Crippen LogP) is 2.73. The molecule has 0 aliphatic rings. The first-order valence-corrected chi connectivity index (χ1v) is 6.12. The number of hydrogen-bond acceptors (Lipinski definition) is 3. The highest BCUT2D eigenvalue weighted by atomic mass is 19.4. The van der Waals surface area contributed by atoms with Crippen LogP contribution in [0.3, 0.4) is 0 Å². The summed E-state index contributed by atoms with van der Waals surface area (Å²) in [6, 6.07) is 9.34. The maximum absolute atomic E-state index is 13.0. The summed E-state index contributed by atoms with van der Waals surface area (Å²) < 4.78 is 39.0. The third-order valence-corrected chi connectivity index (χ3v) is 3.52. The number of benzene rings is 2. The summed E-state index contributed by atoms with van der Waals surface area (Å²) in [6.07, 6.45) is -4.59. The smallest absolute Gasteiger partial charge is 0.288 e. The minimum absolute atomic E-state index is 0.0106. The minimum Gasteiger partial charge on any atom is -0.288 e. The first-order valence-electron chi connectivity index (χ1n) is 6.12. The SMILES string of the molecule is N#CC(C#N)=c1c(=O)c2cccc3cc(C(F)(F)F)cc1c32. The average Bonchev–Trinajstić information content (AvgIpc) is 2.76. The van der Waals surface area contributed by atoms with E-state index in [4.69, 9.17) is 10.5 Å². The summed E-state index contributed by atoms with van der Waals surface area (Å²) in [5.41, 5.74) is -2.01. The van der Waals surface area contributed by atoms with Gasteiger partial charge in [0.15, 0.2) is 5.43 Å². The lowest BCUT2D eigenvalue weighted by atomic mass is 10.0. The molecule has 3 rings (SSSR count). The molecule has 0 aliphatic carbocycles. The molecule has 106 valence electrons. The highest BCUT2D eigenvalue weighted by Gasteiger charge is 2.31. The number of alkyl halides is 3. The van der Waals surface area contributed by atoms with Gasteiger partial charge in [0.05, 0.1) is 10.8 Å². The van der Waals surface area contributed by atoms with Crippen molar-refractivity contribution in [3.8, 4) is 12.1 Å². The molecular formula is C16H5F3N2O. The molecule has 0 fully saturated rings. The van der Waals surface area contributed by atoms with Crippen molar-refractivity contribution < 1.29 is 13.2 Å². The maximum Gasteiger partial charge on any atom is 0.416 e. The van der Waals surface area contributed by atoms with Gasteiger partial charge in [0.25, 0.3) is 0 Å². The molecule has 3 nitrogen and oxygen atoms in total. The molecule has 0 unspecified atom stereocenters. The predicted molar refractivity (Wildman–Crippen MR) is 73.8 cm³/mol. The fourth-order valence-electron chi connectivity index (χ4n) is 2.62. The Hall–Kier alpha value is -3.12. The Morgan fingerprint density at radius 3 is 2.32 bits per heavy atom. The van der Waals surface area contributed by atoms with E-state index in [1.807, 2.05) is 0 Å². The van der Waals surface area contributed by atoms with E-state index in [9.17, 15) is 18.0 Å². The zero-order valence-corrected chi connectivity index (χ0v) is 10.8. The lowest BCUT2D eigenvalue weighted by molar-refractivity contribution is -0.137. The van der Waals surface area contributed by atoms with Gasteiger partial charge < -0.3 is 0 Å². The lowest BCUT2D eigenvalue weighted by Crippen LogP contribution is -2.22. The van der Waals surface area contributed by atoms with Crippen molar-refractivity contribution in [3.05, 3.63) is 51.3 Å². The molecular weight excluding hydrogens is 293 g/mol. The summed E-state index contributed by atoms with van der Waals surface area (Å²) in [6.45, 7) is 0. The van der Waals surface area contributed by atoms with Crippen molar-refractivity contribution in [2.75, 3.05) is 0 Å². The number of nitriles is 2. The summed E-state index contributed by atoms with van der Waals surface area (Å²) >= 11 is 0. The first kappa shape index (κ1) is 13.8. The van der Waals surface area contributed by atoms with Crippen molar-refractivity contribution in [2.45, 2.75) is 6.18 Å². The van der Waals surface area contributed by atoms with Crippen LogP contribution in [0, 0.1) is 22.7 Å². The number of rotatable bonds is 0. The van der Waals surface area contributed by atoms with Gasteiger partial charge in [-0.2, -0.15) is 23.7 Å². The standard InChI is InChI=1S/C16H5F3N2O/c17-16(18,19)10-4-8-2-1-3-11-13(8)12(5-10)14(15(11)22)9(6-20)7-21/h1-5H. The molecule has 0 radical (unpaired) electrons. The van der Waals surface area contributed by atoms with Gasteiger partial charge in [0.1, 0.15) is 17.7 Å². The van der Waals surface area contributed by atoms with Gasteiger partial charge in [-0.3, -0.25) is 4.79 Å². The van der Waals surface area contributed by atoms with Gasteiger partial charge >= 0.3 is 6.18 Å². The number of nitrogens with zero attached hydrogens (tertiary/aromatic N) is 2. The Bertz CT molecular complexity index is 1090. The van der Waals surface area contributed by atoms with E-state index in [0.717, 1.165) is 12.1 Å². The third kappa shape index (κ3) is 1.78. The largest absolute Gasteiger partial charge is 0.416 e. The van der Waals surface area contributed by atoms with E-state index in [-0.39, 0.29) is 21.4 Å².